The lowest BCUT2D eigenvalue weighted by Gasteiger charge is -2.37. The Labute approximate surface area is 163 Å². The van der Waals surface area contributed by atoms with Crippen LogP contribution in [0.1, 0.15) is 36.1 Å². The molecule has 5 nitrogen and oxygen atoms in total. The van der Waals surface area contributed by atoms with Gasteiger partial charge in [0.05, 0.1) is 0 Å². The van der Waals surface area contributed by atoms with Gasteiger partial charge in [-0.3, -0.25) is 4.79 Å². The second-order valence-electron chi connectivity index (χ2n) is 6.57. The summed E-state index contributed by atoms with van der Waals surface area (Å²) in [4.78, 5) is 22.3. The molecule has 1 N–H and O–H groups in total. The van der Waals surface area contributed by atoms with Crippen LogP contribution < -0.4 is 5.32 Å². The van der Waals surface area contributed by atoms with Gasteiger partial charge in [0.1, 0.15) is 5.82 Å². The zero-order valence-electron chi connectivity index (χ0n) is 14.6. The van der Waals surface area contributed by atoms with Gasteiger partial charge in [0.2, 0.25) is 5.91 Å². The Kier molecular flexibility index (Phi) is 7.68. The zero-order chi connectivity index (χ0) is 17.5. The number of hydrogen-bond donors (Lipinski definition) is 1. The lowest BCUT2D eigenvalue weighted by atomic mass is 9.84. The second kappa shape index (κ2) is 8.71. The number of halogens is 5. The smallest absolute Gasteiger partial charge is 0.337 e. The van der Waals surface area contributed by atoms with Crippen molar-refractivity contribution >= 4 is 30.7 Å². The molecule has 1 amide bonds. The maximum atomic E-state index is 13.3. The number of aromatic nitrogens is 2. The molecule has 0 aromatic carbocycles. The van der Waals surface area contributed by atoms with Crippen molar-refractivity contribution in [3.63, 3.8) is 0 Å². The number of amides is 1. The highest BCUT2D eigenvalue weighted by atomic mass is 35.5. The Hall–Kier alpha value is -1.12. The first-order valence-corrected chi connectivity index (χ1v) is 8.22. The van der Waals surface area contributed by atoms with E-state index in [2.05, 4.69) is 15.3 Å². The fraction of sp³-hybridized carbons (Fsp3) is 0.688. The van der Waals surface area contributed by atoms with E-state index in [1.807, 2.05) is 6.92 Å². The van der Waals surface area contributed by atoms with Crippen molar-refractivity contribution in [1.82, 2.24) is 20.2 Å². The molecule has 1 saturated heterocycles. The summed E-state index contributed by atoms with van der Waals surface area (Å²) in [6.45, 7) is 5.45. The number of nitrogens with zero attached hydrogens (tertiary/aromatic N) is 3. The number of piperazine rings is 1. The van der Waals surface area contributed by atoms with Crippen LogP contribution in [0.2, 0.25) is 0 Å². The largest absolute Gasteiger partial charge is 0.433 e. The van der Waals surface area contributed by atoms with Crippen LogP contribution in [0.4, 0.5) is 13.2 Å². The maximum absolute atomic E-state index is 13.3. The molecule has 1 unspecified atom stereocenters. The van der Waals surface area contributed by atoms with Crippen LogP contribution in [-0.2, 0) is 23.8 Å². The first kappa shape index (κ1) is 22.9. The standard InChI is InChI=1S/C16H21F3N4O.2ClH/c1-9-8-20-5-6-23(9)15(24)11-3-4-13-12(7-11)14(16(17,18)19)22-10(2)21-13;;/h9,11,20H,3-8H2,1-2H3;2*1H/t9-,11?;;/m1../s1. The van der Waals surface area contributed by atoms with Gasteiger partial charge in [-0.05, 0) is 33.1 Å². The molecule has 1 aliphatic heterocycles. The molecule has 3 rings (SSSR count). The van der Waals surface area contributed by atoms with Crippen molar-refractivity contribution in [3.05, 3.63) is 22.8 Å². The maximum Gasteiger partial charge on any atom is 0.433 e. The molecule has 0 bridgehead atoms. The number of carbonyl (C=O) groups is 1. The summed E-state index contributed by atoms with van der Waals surface area (Å²) in [6.07, 6.45) is -3.53. The molecule has 2 atom stereocenters. The van der Waals surface area contributed by atoms with Crippen LogP contribution >= 0.6 is 24.8 Å². The Bertz CT molecular complexity index is 657. The fourth-order valence-electron chi connectivity index (χ4n) is 3.58. The number of hydrogen-bond acceptors (Lipinski definition) is 4. The van der Waals surface area contributed by atoms with Gasteiger partial charge in [-0.15, -0.1) is 24.8 Å². The van der Waals surface area contributed by atoms with Gasteiger partial charge < -0.3 is 10.2 Å². The first-order valence-electron chi connectivity index (χ1n) is 8.22. The van der Waals surface area contributed by atoms with E-state index in [9.17, 15) is 18.0 Å². The molecular weight excluding hydrogens is 392 g/mol. The lowest BCUT2D eigenvalue weighted by molar-refractivity contribution is -0.144. The summed E-state index contributed by atoms with van der Waals surface area (Å²) in [6, 6.07) is 0.0593. The first-order chi connectivity index (χ1) is 11.3. The van der Waals surface area contributed by atoms with Gasteiger partial charge >= 0.3 is 6.18 Å². The van der Waals surface area contributed by atoms with Gasteiger partial charge in [0.15, 0.2) is 5.69 Å². The van der Waals surface area contributed by atoms with Crippen LogP contribution in [0.25, 0.3) is 0 Å². The number of alkyl halides is 3. The van der Waals surface area contributed by atoms with E-state index in [1.165, 1.54) is 6.92 Å². The van der Waals surface area contributed by atoms with Crippen LogP contribution in [0, 0.1) is 12.8 Å². The highest BCUT2D eigenvalue weighted by molar-refractivity contribution is 5.85. The molecule has 1 aromatic rings. The predicted molar refractivity (Wildman–Crippen MR) is 95.8 cm³/mol. The van der Waals surface area contributed by atoms with Crippen molar-refractivity contribution in [1.29, 1.82) is 0 Å². The SMILES string of the molecule is Cc1nc2c(c(C(F)(F)F)n1)CC(C(=O)N1CCNC[C@H]1C)CC2.Cl.Cl. The average molecular weight is 415 g/mol. The normalized spacial score (nSPS) is 22.7. The predicted octanol–water partition coefficient (Wildman–Crippen LogP) is 2.57. The Balaban J connectivity index is 0.00000169. The minimum Gasteiger partial charge on any atom is -0.337 e. The lowest BCUT2D eigenvalue weighted by Crippen LogP contribution is -2.54. The van der Waals surface area contributed by atoms with Crippen molar-refractivity contribution in [2.45, 2.75) is 45.3 Å². The summed E-state index contributed by atoms with van der Waals surface area (Å²) in [5, 5.41) is 3.21. The van der Waals surface area contributed by atoms with Crippen molar-refractivity contribution < 1.29 is 18.0 Å². The summed E-state index contributed by atoms with van der Waals surface area (Å²) in [5.74, 6) is -0.351. The second-order valence-corrected chi connectivity index (χ2v) is 6.57. The van der Waals surface area contributed by atoms with E-state index in [0.29, 0.717) is 31.6 Å². The van der Waals surface area contributed by atoms with Crippen molar-refractivity contribution in [3.8, 4) is 0 Å². The molecule has 0 saturated carbocycles. The summed E-state index contributed by atoms with van der Waals surface area (Å²) < 4.78 is 39.9. The third kappa shape index (κ3) is 4.58. The van der Waals surface area contributed by atoms with E-state index in [-0.39, 0.29) is 54.6 Å². The molecule has 1 aromatic heterocycles. The third-order valence-electron chi connectivity index (χ3n) is 4.79. The topological polar surface area (TPSA) is 58.1 Å². The molecular formula is C16H23Cl2F3N4O. The van der Waals surface area contributed by atoms with Gasteiger partial charge in [-0.2, -0.15) is 13.2 Å². The van der Waals surface area contributed by atoms with Gasteiger partial charge in [0.25, 0.3) is 0 Å². The highest BCUT2D eigenvalue weighted by Gasteiger charge is 2.40. The van der Waals surface area contributed by atoms with Crippen molar-refractivity contribution in [2.24, 2.45) is 5.92 Å². The molecule has 1 aliphatic carbocycles. The Morgan fingerprint density at radius 3 is 2.58 bits per heavy atom. The number of nitrogens with one attached hydrogen (secondary N) is 1. The third-order valence-corrected chi connectivity index (χ3v) is 4.79. The number of rotatable bonds is 1. The molecule has 0 radical (unpaired) electrons. The fourth-order valence-corrected chi connectivity index (χ4v) is 3.58. The molecule has 1 fully saturated rings. The molecule has 26 heavy (non-hydrogen) atoms. The minimum atomic E-state index is -4.52. The Morgan fingerprint density at radius 1 is 1.27 bits per heavy atom. The molecule has 2 aliphatic rings. The van der Waals surface area contributed by atoms with Gasteiger partial charge in [-0.1, -0.05) is 0 Å². The highest BCUT2D eigenvalue weighted by Crippen LogP contribution is 2.36. The number of aryl methyl sites for hydroxylation is 2. The Morgan fingerprint density at radius 2 is 1.96 bits per heavy atom. The number of fused-ring (bicyclic) bond motifs is 1. The molecule has 0 spiro atoms. The van der Waals surface area contributed by atoms with E-state index < -0.39 is 17.8 Å². The van der Waals surface area contributed by atoms with E-state index >= 15 is 0 Å². The van der Waals surface area contributed by atoms with Gasteiger partial charge in [0, 0.05) is 42.9 Å². The zero-order valence-corrected chi connectivity index (χ0v) is 16.2. The van der Waals surface area contributed by atoms with Crippen LogP contribution in [0.3, 0.4) is 0 Å². The van der Waals surface area contributed by atoms with Crippen LogP contribution in [0.15, 0.2) is 0 Å². The quantitative estimate of drug-likeness (QED) is 0.766. The minimum absolute atomic E-state index is 0. The van der Waals surface area contributed by atoms with Crippen LogP contribution in [-0.4, -0.2) is 46.5 Å². The summed E-state index contributed by atoms with van der Waals surface area (Å²) in [7, 11) is 0. The summed E-state index contributed by atoms with van der Waals surface area (Å²) >= 11 is 0. The van der Waals surface area contributed by atoms with Crippen molar-refractivity contribution in [2.75, 3.05) is 19.6 Å². The average Bonchev–Trinajstić information content (AvgIpc) is 2.52. The van der Waals surface area contributed by atoms with E-state index in [1.54, 1.807) is 4.90 Å². The van der Waals surface area contributed by atoms with E-state index in [4.69, 9.17) is 0 Å². The molecule has 148 valence electrons. The molecule has 2 heterocycles. The van der Waals surface area contributed by atoms with Gasteiger partial charge in [-0.25, -0.2) is 9.97 Å². The monoisotopic (exact) mass is 414 g/mol. The van der Waals surface area contributed by atoms with E-state index in [0.717, 1.165) is 6.54 Å². The van der Waals surface area contributed by atoms with Crippen LogP contribution in [0.5, 0.6) is 0 Å². The summed E-state index contributed by atoms with van der Waals surface area (Å²) in [5.41, 5.74) is -0.344. The number of carbonyl (C=O) groups excluding carboxylic acids is 1. The molecule has 10 heteroatoms.